The van der Waals surface area contributed by atoms with Gasteiger partial charge in [0, 0.05) is 17.7 Å². The van der Waals surface area contributed by atoms with Gasteiger partial charge in [-0.15, -0.1) is 0 Å². The van der Waals surface area contributed by atoms with Crippen molar-refractivity contribution in [3.8, 4) is 5.75 Å². The third-order valence-corrected chi connectivity index (χ3v) is 6.00. The lowest BCUT2D eigenvalue weighted by Gasteiger charge is -2.39. The molecule has 2 aliphatic rings. The molecule has 31 heavy (non-hydrogen) atoms. The van der Waals surface area contributed by atoms with Crippen LogP contribution < -0.4 is 4.74 Å². The second kappa shape index (κ2) is 7.91. The number of piperidine rings is 1. The van der Waals surface area contributed by atoms with Crippen molar-refractivity contribution in [3.05, 3.63) is 101 Å². The van der Waals surface area contributed by atoms with Gasteiger partial charge in [-0.05, 0) is 42.7 Å². The molecule has 1 fully saturated rings. The van der Waals surface area contributed by atoms with Gasteiger partial charge >= 0.3 is 5.97 Å². The van der Waals surface area contributed by atoms with Crippen LogP contribution in [0, 0.1) is 0 Å². The maximum atomic E-state index is 13.3. The molecule has 1 amide bonds. The highest BCUT2D eigenvalue weighted by atomic mass is 16.6. The quantitative estimate of drug-likeness (QED) is 0.588. The molecule has 3 aromatic carbocycles. The number of ether oxygens (including phenoxy) is 2. The van der Waals surface area contributed by atoms with Crippen molar-refractivity contribution in [3.63, 3.8) is 0 Å². The van der Waals surface area contributed by atoms with Gasteiger partial charge in [0.2, 0.25) is 0 Å². The number of likely N-dealkylation sites (tertiary alicyclic amines) is 1. The molecule has 3 aromatic rings. The van der Waals surface area contributed by atoms with E-state index in [0.717, 1.165) is 24.0 Å². The number of esters is 1. The third-order valence-electron chi connectivity index (χ3n) is 6.00. The van der Waals surface area contributed by atoms with Gasteiger partial charge in [0.1, 0.15) is 12.4 Å². The van der Waals surface area contributed by atoms with Crippen LogP contribution in [0.5, 0.6) is 5.75 Å². The summed E-state index contributed by atoms with van der Waals surface area (Å²) < 4.78 is 11.7. The molecule has 5 rings (SSSR count). The SMILES string of the molecule is O=C1OC2(CCCN(C(=O)c3cccc(OCc4ccccc4)c3)C2)c2ccccc21. The van der Waals surface area contributed by atoms with Crippen molar-refractivity contribution in [2.24, 2.45) is 0 Å². The lowest BCUT2D eigenvalue weighted by molar-refractivity contribution is -0.0442. The van der Waals surface area contributed by atoms with E-state index in [9.17, 15) is 9.59 Å². The summed E-state index contributed by atoms with van der Waals surface area (Å²) in [6.45, 7) is 1.44. The average Bonchev–Trinajstić information content (AvgIpc) is 3.09. The standard InChI is InChI=1S/C26H23NO4/c28-24(20-10-6-11-21(16-20)30-17-19-8-2-1-3-9-19)27-15-7-14-26(18-27)23-13-5-4-12-22(23)25(29)31-26/h1-6,8-13,16H,7,14-15,17-18H2. The monoisotopic (exact) mass is 413 g/mol. The van der Waals surface area contributed by atoms with E-state index < -0.39 is 5.60 Å². The van der Waals surface area contributed by atoms with Crippen molar-refractivity contribution in [1.29, 1.82) is 0 Å². The van der Waals surface area contributed by atoms with E-state index in [2.05, 4.69) is 0 Å². The molecule has 1 saturated heterocycles. The number of carbonyl (C=O) groups is 2. The Balaban J connectivity index is 1.33. The lowest BCUT2D eigenvalue weighted by atomic mass is 9.85. The van der Waals surface area contributed by atoms with E-state index in [1.807, 2.05) is 60.7 Å². The van der Waals surface area contributed by atoms with E-state index >= 15 is 0 Å². The highest BCUT2D eigenvalue weighted by Crippen LogP contribution is 2.43. The van der Waals surface area contributed by atoms with Crippen molar-refractivity contribution in [1.82, 2.24) is 4.90 Å². The summed E-state index contributed by atoms with van der Waals surface area (Å²) in [4.78, 5) is 27.5. The Morgan fingerprint density at radius 3 is 2.68 bits per heavy atom. The molecule has 156 valence electrons. The highest BCUT2D eigenvalue weighted by molar-refractivity contribution is 5.96. The Morgan fingerprint density at radius 1 is 1.00 bits per heavy atom. The van der Waals surface area contributed by atoms with Crippen molar-refractivity contribution < 1.29 is 19.1 Å². The predicted molar refractivity (Wildman–Crippen MR) is 116 cm³/mol. The van der Waals surface area contributed by atoms with Crippen LogP contribution in [0.1, 0.15) is 44.7 Å². The first-order valence-corrected chi connectivity index (χ1v) is 10.5. The predicted octanol–water partition coefficient (Wildman–Crippen LogP) is 4.57. The Hall–Kier alpha value is -3.60. The molecule has 5 heteroatoms. The molecule has 0 saturated carbocycles. The van der Waals surface area contributed by atoms with Crippen LogP contribution in [0.15, 0.2) is 78.9 Å². The zero-order chi connectivity index (χ0) is 21.3. The Kier molecular flexibility index (Phi) is 4.94. The summed E-state index contributed by atoms with van der Waals surface area (Å²) in [6.07, 6.45) is 1.50. The zero-order valence-electron chi connectivity index (χ0n) is 17.1. The number of amides is 1. The molecule has 0 aliphatic carbocycles. The van der Waals surface area contributed by atoms with E-state index in [1.165, 1.54) is 0 Å². The van der Waals surface area contributed by atoms with Gasteiger partial charge in [0.05, 0.1) is 12.1 Å². The number of nitrogens with zero attached hydrogens (tertiary/aromatic N) is 1. The molecular weight excluding hydrogens is 390 g/mol. The first-order chi connectivity index (χ1) is 15.1. The molecule has 2 heterocycles. The van der Waals surface area contributed by atoms with Gasteiger partial charge in [0.15, 0.2) is 5.60 Å². The van der Waals surface area contributed by atoms with Crippen LogP contribution >= 0.6 is 0 Å². The van der Waals surface area contributed by atoms with Crippen LogP contribution in [-0.2, 0) is 16.9 Å². The number of hydrogen-bond donors (Lipinski definition) is 0. The van der Waals surface area contributed by atoms with Gasteiger partial charge in [0.25, 0.3) is 5.91 Å². The van der Waals surface area contributed by atoms with E-state index in [0.29, 0.717) is 36.6 Å². The van der Waals surface area contributed by atoms with Crippen LogP contribution in [0.25, 0.3) is 0 Å². The van der Waals surface area contributed by atoms with Crippen LogP contribution in [0.4, 0.5) is 0 Å². The Morgan fingerprint density at radius 2 is 1.81 bits per heavy atom. The summed E-state index contributed by atoms with van der Waals surface area (Å²) in [5.74, 6) is 0.268. The van der Waals surface area contributed by atoms with Crippen molar-refractivity contribution in [2.45, 2.75) is 25.0 Å². The highest BCUT2D eigenvalue weighted by Gasteiger charge is 2.48. The van der Waals surface area contributed by atoms with Crippen LogP contribution in [-0.4, -0.2) is 29.9 Å². The van der Waals surface area contributed by atoms with Crippen molar-refractivity contribution >= 4 is 11.9 Å². The maximum absolute atomic E-state index is 13.3. The fraction of sp³-hybridized carbons (Fsp3) is 0.231. The van der Waals surface area contributed by atoms with Crippen molar-refractivity contribution in [2.75, 3.05) is 13.1 Å². The normalized spacial score (nSPS) is 19.7. The lowest BCUT2D eigenvalue weighted by Crippen LogP contribution is -2.48. The molecule has 0 bridgehead atoms. The minimum atomic E-state index is -0.747. The molecule has 1 spiro atoms. The average molecular weight is 413 g/mol. The fourth-order valence-corrected chi connectivity index (χ4v) is 4.49. The topological polar surface area (TPSA) is 55.8 Å². The molecule has 0 N–H and O–H groups in total. The van der Waals surface area contributed by atoms with Crippen LogP contribution in [0.3, 0.4) is 0 Å². The van der Waals surface area contributed by atoms with Gasteiger partial charge in [-0.3, -0.25) is 4.79 Å². The summed E-state index contributed by atoms with van der Waals surface area (Å²) in [5.41, 5.74) is 2.38. The molecule has 5 nitrogen and oxygen atoms in total. The van der Waals surface area contributed by atoms with E-state index in [1.54, 1.807) is 23.1 Å². The zero-order valence-corrected chi connectivity index (χ0v) is 17.1. The van der Waals surface area contributed by atoms with Gasteiger partial charge in [-0.2, -0.15) is 0 Å². The van der Waals surface area contributed by atoms with Gasteiger partial charge in [-0.1, -0.05) is 54.6 Å². The van der Waals surface area contributed by atoms with Crippen LogP contribution in [0.2, 0.25) is 0 Å². The number of benzene rings is 3. The minimum Gasteiger partial charge on any atom is -0.489 e. The van der Waals surface area contributed by atoms with E-state index in [-0.39, 0.29) is 11.9 Å². The third kappa shape index (κ3) is 3.67. The second-order valence-electron chi connectivity index (χ2n) is 8.06. The number of fused-ring (bicyclic) bond motifs is 2. The molecule has 0 radical (unpaired) electrons. The molecule has 0 aromatic heterocycles. The number of hydrogen-bond acceptors (Lipinski definition) is 4. The van der Waals surface area contributed by atoms with Gasteiger partial charge in [-0.25, -0.2) is 4.79 Å². The molecular formula is C26H23NO4. The fourth-order valence-electron chi connectivity index (χ4n) is 4.49. The summed E-state index contributed by atoms with van der Waals surface area (Å²) in [7, 11) is 0. The first-order valence-electron chi connectivity index (χ1n) is 10.5. The minimum absolute atomic E-state index is 0.0790. The van der Waals surface area contributed by atoms with Gasteiger partial charge < -0.3 is 14.4 Å². The Labute approximate surface area is 181 Å². The first kappa shape index (κ1) is 19.4. The molecule has 1 atom stereocenters. The molecule has 1 unspecified atom stereocenters. The summed E-state index contributed by atoms with van der Waals surface area (Å²) in [5, 5.41) is 0. The molecule has 2 aliphatic heterocycles. The summed E-state index contributed by atoms with van der Waals surface area (Å²) in [6, 6.07) is 24.7. The number of carbonyl (C=O) groups excluding carboxylic acids is 2. The largest absolute Gasteiger partial charge is 0.489 e. The summed E-state index contributed by atoms with van der Waals surface area (Å²) >= 11 is 0. The van der Waals surface area contributed by atoms with E-state index in [4.69, 9.17) is 9.47 Å². The number of rotatable bonds is 4. The smallest absolute Gasteiger partial charge is 0.339 e. The second-order valence-corrected chi connectivity index (χ2v) is 8.06. The maximum Gasteiger partial charge on any atom is 0.339 e. The Bertz CT molecular complexity index is 1130.